The first kappa shape index (κ1) is 23.0. The molecule has 1 saturated carbocycles. The van der Waals surface area contributed by atoms with Crippen LogP contribution in [0.3, 0.4) is 0 Å². The van der Waals surface area contributed by atoms with E-state index < -0.39 is 0 Å². The minimum absolute atomic E-state index is 0.240. The van der Waals surface area contributed by atoms with Crippen molar-refractivity contribution in [1.29, 1.82) is 0 Å². The highest BCUT2D eigenvalue weighted by Crippen LogP contribution is 2.29. The van der Waals surface area contributed by atoms with Gasteiger partial charge in [-0.15, -0.1) is 0 Å². The van der Waals surface area contributed by atoms with Gasteiger partial charge in [0.2, 0.25) is 0 Å². The molecule has 1 fully saturated rings. The van der Waals surface area contributed by atoms with E-state index in [0.29, 0.717) is 13.0 Å². The van der Waals surface area contributed by atoms with Gasteiger partial charge in [0.05, 0.1) is 5.69 Å². The summed E-state index contributed by atoms with van der Waals surface area (Å²) >= 11 is 0. The summed E-state index contributed by atoms with van der Waals surface area (Å²) < 4.78 is 5.87. The van der Waals surface area contributed by atoms with Crippen molar-refractivity contribution in [3.63, 3.8) is 0 Å². The van der Waals surface area contributed by atoms with Crippen LogP contribution in [0.25, 0.3) is 0 Å². The summed E-state index contributed by atoms with van der Waals surface area (Å²) in [4.78, 5) is 17.0. The third-order valence-electron chi connectivity index (χ3n) is 6.52. The molecule has 4 nitrogen and oxygen atoms in total. The molecule has 0 amide bonds. The number of anilines is 2. The monoisotopic (exact) mass is 442 g/mol. The van der Waals surface area contributed by atoms with Crippen molar-refractivity contribution in [2.24, 2.45) is 5.92 Å². The summed E-state index contributed by atoms with van der Waals surface area (Å²) in [5, 5.41) is 3.46. The second-order valence-electron chi connectivity index (χ2n) is 9.11. The van der Waals surface area contributed by atoms with Gasteiger partial charge in [-0.1, -0.05) is 56.7 Å². The van der Waals surface area contributed by atoms with Gasteiger partial charge in [-0.2, -0.15) is 0 Å². The maximum atomic E-state index is 12.7. The predicted octanol–water partition coefficient (Wildman–Crippen LogP) is 7.65. The Bertz CT molecular complexity index is 1040. The largest absolute Gasteiger partial charge is 0.487 e. The van der Waals surface area contributed by atoms with Crippen molar-refractivity contribution in [1.82, 2.24) is 4.98 Å². The maximum Gasteiger partial charge on any atom is 0.162 e. The number of carbonyl (C=O) groups excluding carboxylic acids is 1. The van der Waals surface area contributed by atoms with Crippen LogP contribution in [-0.4, -0.2) is 10.8 Å². The number of rotatable bonds is 10. The van der Waals surface area contributed by atoms with Gasteiger partial charge in [-0.05, 0) is 67.3 Å². The summed E-state index contributed by atoms with van der Waals surface area (Å²) in [5.74, 6) is 1.88. The van der Waals surface area contributed by atoms with Crippen LogP contribution in [0, 0.1) is 12.8 Å². The molecule has 0 radical (unpaired) electrons. The normalized spacial score (nSPS) is 14.1. The molecule has 3 aromatic rings. The van der Waals surface area contributed by atoms with E-state index in [4.69, 9.17) is 4.74 Å². The first-order valence-electron chi connectivity index (χ1n) is 12.2. The molecule has 1 heterocycles. The molecule has 1 N–H and O–H groups in total. The third-order valence-corrected chi connectivity index (χ3v) is 6.52. The molecule has 33 heavy (non-hydrogen) atoms. The molecule has 4 heteroatoms. The summed E-state index contributed by atoms with van der Waals surface area (Å²) in [5.41, 5.74) is 4.70. The van der Waals surface area contributed by atoms with E-state index in [1.54, 1.807) is 6.20 Å². The van der Waals surface area contributed by atoms with Crippen LogP contribution >= 0.6 is 0 Å². The highest BCUT2D eigenvalue weighted by molar-refractivity contribution is 5.97. The Kier molecular flexibility index (Phi) is 8.13. The summed E-state index contributed by atoms with van der Waals surface area (Å²) in [6.45, 7) is 2.49. The van der Waals surface area contributed by atoms with E-state index in [9.17, 15) is 4.79 Å². The van der Waals surface area contributed by atoms with Gasteiger partial charge in [-0.25, -0.2) is 0 Å². The number of Topliss-reactive ketones (excluding diaryl/α,β-unsaturated/α-hetero) is 1. The number of pyridine rings is 1. The number of hydrogen-bond donors (Lipinski definition) is 1. The third kappa shape index (κ3) is 6.92. The Morgan fingerprint density at radius 3 is 2.70 bits per heavy atom. The Labute approximate surface area is 197 Å². The first-order chi connectivity index (χ1) is 16.2. The Hall–Kier alpha value is -3.14. The zero-order valence-electron chi connectivity index (χ0n) is 19.6. The van der Waals surface area contributed by atoms with Crippen molar-refractivity contribution < 1.29 is 9.53 Å². The van der Waals surface area contributed by atoms with Crippen molar-refractivity contribution >= 4 is 17.2 Å². The number of nitrogens with one attached hydrogen (secondary N) is 1. The van der Waals surface area contributed by atoms with Crippen LogP contribution in [-0.2, 0) is 6.61 Å². The van der Waals surface area contributed by atoms with Gasteiger partial charge in [-0.3, -0.25) is 9.78 Å². The number of nitrogens with zero attached hydrogens (tertiary/aromatic N) is 1. The first-order valence-corrected chi connectivity index (χ1v) is 12.2. The fourth-order valence-electron chi connectivity index (χ4n) is 4.60. The summed E-state index contributed by atoms with van der Waals surface area (Å²) in [6, 6.07) is 19.6. The zero-order chi connectivity index (χ0) is 22.9. The second-order valence-corrected chi connectivity index (χ2v) is 9.11. The van der Waals surface area contributed by atoms with E-state index in [0.717, 1.165) is 46.3 Å². The molecule has 0 bridgehead atoms. The minimum Gasteiger partial charge on any atom is -0.487 e. The molecule has 1 aliphatic carbocycles. The molecular formula is C29H34N2O2. The van der Waals surface area contributed by atoms with Crippen molar-refractivity contribution in [2.45, 2.75) is 64.9 Å². The average molecular weight is 443 g/mol. The van der Waals surface area contributed by atoms with E-state index in [1.165, 1.54) is 38.5 Å². The van der Waals surface area contributed by atoms with Crippen molar-refractivity contribution in [3.8, 4) is 5.75 Å². The molecule has 172 valence electrons. The van der Waals surface area contributed by atoms with Crippen LogP contribution in [0.2, 0.25) is 0 Å². The lowest BCUT2D eigenvalue weighted by Gasteiger charge is -2.21. The molecule has 0 aliphatic heterocycles. The number of ketones is 1. The number of ether oxygens (including phenoxy) is 1. The predicted molar refractivity (Wildman–Crippen MR) is 134 cm³/mol. The maximum absolute atomic E-state index is 12.7. The molecule has 2 aromatic carbocycles. The highest BCUT2D eigenvalue weighted by Gasteiger charge is 2.14. The molecule has 1 aliphatic rings. The summed E-state index contributed by atoms with van der Waals surface area (Å²) in [7, 11) is 0. The number of carbonyl (C=O) groups is 1. The standard InChI is InChI=1S/C29H34N2O2/c1-22-19-27(33-21-26-13-5-6-18-30-26)16-17-28(22)31-25-14-8-12-24(20-25)29(32)15-7-11-23-9-3-2-4-10-23/h5-6,8,12-14,16-20,23,31H,2-4,7,9-11,15,21H2,1H3. The topological polar surface area (TPSA) is 51.2 Å². The molecule has 0 atom stereocenters. The summed E-state index contributed by atoms with van der Waals surface area (Å²) in [6.07, 6.45) is 11.4. The van der Waals surface area contributed by atoms with Crippen LogP contribution in [0.15, 0.2) is 66.9 Å². The van der Waals surface area contributed by atoms with Gasteiger partial charge in [0.25, 0.3) is 0 Å². The molecule has 0 saturated heterocycles. The SMILES string of the molecule is Cc1cc(OCc2ccccn2)ccc1Nc1cccc(C(=O)CCCC2CCCCC2)c1. The Morgan fingerprint density at radius 2 is 1.91 bits per heavy atom. The van der Waals surface area contributed by atoms with E-state index in [1.807, 2.05) is 60.7 Å². The van der Waals surface area contributed by atoms with Gasteiger partial charge < -0.3 is 10.1 Å². The molecular weight excluding hydrogens is 408 g/mol. The van der Waals surface area contributed by atoms with E-state index in [-0.39, 0.29) is 5.78 Å². The number of aryl methyl sites for hydroxylation is 1. The van der Waals surface area contributed by atoms with Crippen LogP contribution in [0.1, 0.15) is 73.0 Å². The lowest BCUT2D eigenvalue weighted by Crippen LogP contribution is -2.07. The van der Waals surface area contributed by atoms with Crippen molar-refractivity contribution in [3.05, 3.63) is 83.7 Å². The number of aromatic nitrogens is 1. The fraction of sp³-hybridized carbons (Fsp3) is 0.379. The quantitative estimate of drug-likeness (QED) is 0.328. The van der Waals surface area contributed by atoms with Crippen LogP contribution in [0.4, 0.5) is 11.4 Å². The van der Waals surface area contributed by atoms with Gasteiger partial charge in [0.1, 0.15) is 12.4 Å². The van der Waals surface area contributed by atoms with Crippen LogP contribution < -0.4 is 10.1 Å². The van der Waals surface area contributed by atoms with Gasteiger partial charge in [0.15, 0.2) is 5.78 Å². The Morgan fingerprint density at radius 1 is 1.03 bits per heavy atom. The lowest BCUT2D eigenvalue weighted by molar-refractivity contribution is 0.0976. The zero-order valence-corrected chi connectivity index (χ0v) is 19.6. The van der Waals surface area contributed by atoms with Gasteiger partial charge >= 0.3 is 0 Å². The number of hydrogen-bond acceptors (Lipinski definition) is 4. The lowest BCUT2D eigenvalue weighted by atomic mass is 9.85. The molecule has 0 unspecified atom stereocenters. The molecule has 0 spiro atoms. The van der Waals surface area contributed by atoms with Crippen molar-refractivity contribution in [2.75, 3.05) is 5.32 Å². The molecule has 4 rings (SSSR count). The second kappa shape index (κ2) is 11.6. The smallest absolute Gasteiger partial charge is 0.162 e. The van der Waals surface area contributed by atoms with Crippen LogP contribution in [0.5, 0.6) is 5.75 Å². The number of benzene rings is 2. The van der Waals surface area contributed by atoms with E-state index >= 15 is 0 Å². The van der Waals surface area contributed by atoms with Gasteiger partial charge in [0, 0.05) is 29.6 Å². The van der Waals surface area contributed by atoms with E-state index in [2.05, 4.69) is 17.2 Å². The minimum atomic E-state index is 0.240. The fourth-order valence-corrected chi connectivity index (χ4v) is 4.60. The molecule has 1 aromatic heterocycles. The highest BCUT2D eigenvalue weighted by atomic mass is 16.5. The average Bonchev–Trinajstić information content (AvgIpc) is 2.86. The Balaban J connectivity index is 1.31.